The van der Waals surface area contributed by atoms with Crippen LogP contribution in [0.4, 0.5) is 0 Å². The summed E-state index contributed by atoms with van der Waals surface area (Å²) >= 11 is 5.15. The smallest absolute Gasteiger partial charge is 0.270 e. The summed E-state index contributed by atoms with van der Waals surface area (Å²) in [5.41, 5.74) is 1.17. The van der Waals surface area contributed by atoms with Crippen LogP contribution in [0.1, 0.15) is 10.5 Å². The maximum absolute atomic E-state index is 11.9. The van der Waals surface area contributed by atoms with Gasteiger partial charge in [0.25, 0.3) is 5.91 Å². The molecule has 2 N–H and O–H groups in total. The number of hydrogen-bond donors (Lipinski definition) is 2. The minimum Gasteiger partial charge on any atom is -0.338 e. The number of benzene rings is 1. The van der Waals surface area contributed by atoms with Gasteiger partial charge in [-0.25, -0.2) is 0 Å². The number of rotatable bonds is 3. The first-order valence-corrected chi connectivity index (χ1v) is 5.66. The van der Waals surface area contributed by atoms with Crippen molar-refractivity contribution in [1.82, 2.24) is 14.9 Å². The van der Waals surface area contributed by atoms with Crippen LogP contribution in [0, 0.1) is 16.1 Å². The number of imidazole rings is 1. The van der Waals surface area contributed by atoms with E-state index in [0.717, 1.165) is 5.69 Å². The van der Waals surface area contributed by atoms with Gasteiger partial charge in [0.2, 0.25) is 0 Å². The van der Waals surface area contributed by atoms with E-state index in [9.17, 15) is 4.79 Å². The Balaban J connectivity index is 2.43. The van der Waals surface area contributed by atoms with Crippen LogP contribution < -0.4 is 5.32 Å². The van der Waals surface area contributed by atoms with Gasteiger partial charge in [-0.15, -0.1) is 0 Å². The maximum Gasteiger partial charge on any atom is 0.270 e. The monoisotopic (exact) mass is 258 g/mol. The van der Waals surface area contributed by atoms with E-state index in [-0.39, 0.29) is 12.5 Å². The van der Waals surface area contributed by atoms with Gasteiger partial charge in [-0.1, -0.05) is 18.2 Å². The first-order chi connectivity index (χ1) is 8.74. The molecule has 0 unspecified atom stereocenters. The van der Waals surface area contributed by atoms with Crippen molar-refractivity contribution in [3.05, 3.63) is 47.0 Å². The molecule has 0 bridgehead atoms. The van der Waals surface area contributed by atoms with Gasteiger partial charge in [0.05, 0.1) is 6.07 Å². The van der Waals surface area contributed by atoms with Crippen LogP contribution in [-0.4, -0.2) is 22.0 Å². The van der Waals surface area contributed by atoms with Gasteiger partial charge in [0.15, 0.2) is 4.77 Å². The highest BCUT2D eigenvalue weighted by Gasteiger charge is 2.13. The molecule has 18 heavy (non-hydrogen) atoms. The molecule has 2 aromatic rings. The van der Waals surface area contributed by atoms with Gasteiger partial charge < -0.3 is 10.3 Å². The third kappa shape index (κ3) is 2.31. The zero-order valence-electron chi connectivity index (χ0n) is 9.38. The third-order valence-electron chi connectivity index (χ3n) is 2.35. The maximum atomic E-state index is 11.9. The molecule has 0 atom stereocenters. The van der Waals surface area contributed by atoms with E-state index in [1.165, 1.54) is 6.20 Å². The molecule has 0 aliphatic carbocycles. The van der Waals surface area contributed by atoms with E-state index in [1.54, 1.807) is 4.57 Å². The average molecular weight is 258 g/mol. The highest BCUT2D eigenvalue weighted by molar-refractivity contribution is 7.71. The Morgan fingerprint density at radius 2 is 2.17 bits per heavy atom. The Morgan fingerprint density at radius 3 is 2.83 bits per heavy atom. The van der Waals surface area contributed by atoms with Crippen molar-refractivity contribution in [2.24, 2.45) is 0 Å². The lowest BCUT2D eigenvalue weighted by Gasteiger charge is -2.07. The Kier molecular flexibility index (Phi) is 3.55. The highest BCUT2D eigenvalue weighted by Crippen LogP contribution is 2.12. The minimum absolute atomic E-state index is 0.0361. The van der Waals surface area contributed by atoms with E-state index in [4.69, 9.17) is 17.5 Å². The van der Waals surface area contributed by atoms with Crippen molar-refractivity contribution in [2.45, 2.75) is 0 Å². The van der Waals surface area contributed by atoms with Crippen LogP contribution in [0.15, 0.2) is 36.5 Å². The molecule has 0 aliphatic heterocycles. The summed E-state index contributed by atoms with van der Waals surface area (Å²) in [4.78, 5) is 14.7. The van der Waals surface area contributed by atoms with Gasteiger partial charge in [-0.2, -0.15) is 5.26 Å². The van der Waals surface area contributed by atoms with Crippen molar-refractivity contribution in [3.63, 3.8) is 0 Å². The number of carbonyl (C=O) groups excluding carboxylic acids is 1. The van der Waals surface area contributed by atoms with E-state index in [1.807, 2.05) is 36.4 Å². The predicted molar refractivity (Wildman–Crippen MR) is 68.9 cm³/mol. The number of aromatic nitrogens is 2. The zero-order valence-corrected chi connectivity index (χ0v) is 10.2. The number of carbonyl (C=O) groups is 1. The van der Waals surface area contributed by atoms with Gasteiger partial charge >= 0.3 is 0 Å². The molecule has 90 valence electrons. The number of nitrogens with zero attached hydrogens (tertiary/aromatic N) is 2. The van der Waals surface area contributed by atoms with Crippen molar-refractivity contribution < 1.29 is 4.79 Å². The molecule has 0 aliphatic rings. The topological polar surface area (TPSA) is 73.6 Å². The predicted octanol–water partition coefficient (Wildman–Crippen LogP) is 1.79. The van der Waals surface area contributed by atoms with Crippen molar-refractivity contribution >= 4 is 18.1 Å². The molecule has 5 nitrogen and oxygen atoms in total. The number of nitrogens with one attached hydrogen (secondary N) is 2. The van der Waals surface area contributed by atoms with Crippen molar-refractivity contribution in [2.75, 3.05) is 6.54 Å². The van der Waals surface area contributed by atoms with Crippen molar-refractivity contribution in [1.29, 1.82) is 5.26 Å². The number of amides is 1. The molecule has 0 saturated carbocycles. The summed E-state index contributed by atoms with van der Waals surface area (Å²) in [6, 6.07) is 11.2. The van der Waals surface area contributed by atoms with Crippen LogP contribution in [0.25, 0.3) is 5.69 Å². The molecule has 6 heteroatoms. The second-order valence-electron chi connectivity index (χ2n) is 3.49. The minimum atomic E-state index is -0.340. The molecule has 1 aromatic carbocycles. The second kappa shape index (κ2) is 5.29. The van der Waals surface area contributed by atoms with Crippen LogP contribution >= 0.6 is 12.2 Å². The Hall–Kier alpha value is -2.39. The van der Waals surface area contributed by atoms with Crippen molar-refractivity contribution in [3.8, 4) is 11.8 Å². The number of aromatic amines is 1. The summed E-state index contributed by atoms with van der Waals surface area (Å²) in [5, 5.41) is 10.9. The summed E-state index contributed by atoms with van der Waals surface area (Å²) in [6.45, 7) is -0.0361. The molecule has 1 amide bonds. The first-order valence-electron chi connectivity index (χ1n) is 5.25. The Bertz CT molecular complexity index is 651. The van der Waals surface area contributed by atoms with Gasteiger partial charge in [-0.3, -0.25) is 9.36 Å². The van der Waals surface area contributed by atoms with E-state index < -0.39 is 0 Å². The van der Waals surface area contributed by atoms with Gasteiger partial charge in [0, 0.05) is 11.9 Å². The number of nitriles is 1. The molecule has 0 spiro atoms. The second-order valence-corrected chi connectivity index (χ2v) is 3.88. The third-order valence-corrected chi connectivity index (χ3v) is 2.65. The number of H-pyrrole nitrogens is 1. The fourth-order valence-electron chi connectivity index (χ4n) is 1.58. The lowest BCUT2D eigenvalue weighted by atomic mass is 10.3. The Morgan fingerprint density at radius 1 is 1.44 bits per heavy atom. The van der Waals surface area contributed by atoms with Gasteiger partial charge in [0.1, 0.15) is 12.2 Å². The lowest BCUT2D eigenvalue weighted by Crippen LogP contribution is -2.25. The van der Waals surface area contributed by atoms with E-state index in [0.29, 0.717) is 10.5 Å². The highest BCUT2D eigenvalue weighted by atomic mass is 32.1. The fourth-order valence-corrected chi connectivity index (χ4v) is 1.84. The zero-order chi connectivity index (χ0) is 13.0. The van der Waals surface area contributed by atoms with Crippen LogP contribution in [0.3, 0.4) is 0 Å². The largest absolute Gasteiger partial charge is 0.338 e. The number of hydrogen-bond acceptors (Lipinski definition) is 3. The number of para-hydroxylation sites is 1. The van der Waals surface area contributed by atoms with Crippen LogP contribution in [-0.2, 0) is 0 Å². The Labute approximate surface area is 109 Å². The standard InChI is InChI=1S/C12H10N4OS/c13-6-7-14-11(17)10-8-15-12(18)16(10)9-4-2-1-3-5-9/h1-5,8H,7H2,(H,14,17)(H,15,18). The summed E-state index contributed by atoms with van der Waals surface area (Å²) in [6.07, 6.45) is 1.53. The summed E-state index contributed by atoms with van der Waals surface area (Å²) < 4.78 is 2.06. The molecule has 0 radical (unpaired) electrons. The van der Waals surface area contributed by atoms with E-state index in [2.05, 4.69) is 10.3 Å². The van der Waals surface area contributed by atoms with Crippen LogP contribution in [0.5, 0.6) is 0 Å². The molecule has 0 fully saturated rings. The van der Waals surface area contributed by atoms with E-state index >= 15 is 0 Å². The summed E-state index contributed by atoms with van der Waals surface area (Å²) in [7, 11) is 0. The fraction of sp³-hybridized carbons (Fsp3) is 0.0833. The average Bonchev–Trinajstić information content (AvgIpc) is 2.79. The normalized spacial score (nSPS) is 9.72. The molecule has 2 rings (SSSR count). The SMILES string of the molecule is N#CCNC(=O)c1c[nH]c(=S)n1-c1ccccc1. The van der Waals surface area contributed by atoms with Crippen LogP contribution in [0.2, 0.25) is 0 Å². The quantitative estimate of drug-likeness (QED) is 0.651. The molecule has 1 heterocycles. The van der Waals surface area contributed by atoms with Gasteiger partial charge in [-0.05, 0) is 24.4 Å². The molecular formula is C12H10N4OS. The molecule has 1 aromatic heterocycles. The summed E-state index contributed by atoms with van der Waals surface area (Å²) in [5.74, 6) is -0.340. The lowest BCUT2D eigenvalue weighted by molar-refractivity contribution is 0.0951. The molecular weight excluding hydrogens is 248 g/mol. The first kappa shape index (κ1) is 12.1. The molecule has 0 saturated heterocycles.